The van der Waals surface area contributed by atoms with Crippen LogP contribution in [0.5, 0.6) is 0 Å². The maximum Gasteiger partial charge on any atom is 0.282 e. The Bertz CT molecular complexity index is 595. The molecule has 0 aliphatic carbocycles. The molecule has 5 nitrogen and oxygen atoms in total. The van der Waals surface area contributed by atoms with E-state index in [0.717, 1.165) is 5.06 Å². The molecule has 0 saturated heterocycles. The SMILES string of the molecule is COCON1C(=O)C(c2c(Cl)cccc2Br)=C(O)C1(C)C. The van der Waals surface area contributed by atoms with Crippen LogP contribution >= 0.6 is 27.5 Å². The Morgan fingerprint density at radius 3 is 2.67 bits per heavy atom. The van der Waals surface area contributed by atoms with E-state index in [1.807, 2.05) is 0 Å². The molecule has 0 unspecified atom stereocenters. The van der Waals surface area contributed by atoms with Crippen molar-refractivity contribution in [1.82, 2.24) is 5.06 Å². The van der Waals surface area contributed by atoms with E-state index < -0.39 is 11.4 Å². The van der Waals surface area contributed by atoms with Crippen molar-refractivity contribution >= 4 is 39.0 Å². The molecular weight excluding hydrogens is 362 g/mol. The molecule has 1 amide bonds. The minimum atomic E-state index is -1.01. The number of carbonyl (C=O) groups is 1. The lowest BCUT2D eigenvalue weighted by molar-refractivity contribution is -0.238. The highest BCUT2D eigenvalue weighted by Gasteiger charge is 2.48. The van der Waals surface area contributed by atoms with Gasteiger partial charge in [0.25, 0.3) is 5.91 Å². The van der Waals surface area contributed by atoms with Gasteiger partial charge in [-0.2, -0.15) is 0 Å². The first kappa shape index (κ1) is 16.3. The fourth-order valence-electron chi connectivity index (χ4n) is 2.15. The largest absolute Gasteiger partial charge is 0.509 e. The van der Waals surface area contributed by atoms with E-state index in [1.165, 1.54) is 7.11 Å². The lowest BCUT2D eigenvalue weighted by Gasteiger charge is -2.30. The lowest BCUT2D eigenvalue weighted by atomic mass is 9.99. The third-order valence-corrected chi connectivity index (χ3v) is 4.21. The van der Waals surface area contributed by atoms with Gasteiger partial charge >= 0.3 is 0 Å². The highest BCUT2D eigenvalue weighted by molar-refractivity contribution is 9.10. The van der Waals surface area contributed by atoms with Crippen LogP contribution in [0.2, 0.25) is 5.02 Å². The number of benzene rings is 1. The molecule has 1 aliphatic heterocycles. The number of hydroxylamine groups is 2. The predicted octanol–water partition coefficient (Wildman–Crippen LogP) is 3.53. The van der Waals surface area contributed by atoms with Gasteiger partial charge in [-0.1, -0.05) is 33.6 Å². The summed E-state index contributed by atoms with van der Waals surface area (Å²) >= 11 is 9.53. The number of methoxy groups -OCH3 is 1. The van der Waals surface area contributed by atoms with Gasteiger partial charge in [-0.3, -0.25) is 4.79 Å². The van der Waals surface area contributed by atoms with Crippen molar-refractivity contribution in [3.8, 4) is 0 Å². The summed E-state index contributed by atoms with van der Waals surface area (Å²) < 4.78 is 5.44. The summed E-state index contributed by atoms with van der Waals surface area (Å²) in [5, 5.41) is 11.9. The average molecular weight is 377 g/mol. The van der Waals surface area contributed by atoms with Crippen LogP contribution in [-0.4, -0.2) is 35.5 Å². The van der Waals surface area contributed by atoms with Gasteiger partial charge in [0.2, 0.25) is 0 Å². The highest BCUT2D eigenvalue weighted by Crippen LogP contribution is 2.43. The zero-order chi connectivity index (χ0) is 15.8. The minimum Gasteiger partial charge on any atom is -0.509 e. The van der Waals surface area contributed by atoms with Gasteiger partial charge in [0.05, 0.1) is 5.57 Å². The van der Waals surface area contributed by atoms with Gasteiger partial charge in [0, 0.05) is 22.2 Å². The Morgan fingerprint density at radius 1 is 1.43 bits per heavy atom. The van der Waals surface area contributed by atoms with E-state index in [1.54, 1.807) is 32.0 Å². The number of aliphatic hydroxyl groups excluding tert-OH is 1. The second-order valence-corrected chi connectivity index (χ2v) is 6.28. The van der Waals surface area contributed by atoms with Crippen molar-refractivity contribution in [3.05, 3.63) is 39.0 Å². The smallest absolute Gasteiger partial charge is 0.282 e. The summed E-state index contributed by atoms with van der Waals surface area (Å²) in [6, 6.07) is 5.15. The fraction of sp³-hybridized carbons (Fsp3) is 0.357. The number of nitrogens with zero attached hydrogens (tertiary/aromatic N) is 1. The van der Waals surface area contributed by atoms with Gasteiger partial charge in [-0.15, -0.1) is 0 Å². The molecule has 1 aromatic carbocycles. The number of aliphatic hydroxyl groups is 1. The zero-order valence-corrected chi connectivity index (χ0v) is 14.2. The first-order valence-corrected chi connectivity index (χ1v) is 7.34. The van der Waals surface area contributed by atoms with Crippen LogP contribution in [-0.2, 0) is 14.4 Å². The number of carbonyl (C=O) groups excluding carboxylic acids is 1. The molecule has 1 aromatic rings. The van der Waals surface area contributed by atoms with Gasteiger partial charge < -0.3 is 9.84 Å². The summed E-state index contributed by atoms with van der Waals surface area (Å²) in [7, 11) is 1.45. The lowest BCUT2D eigenvalue weighted by Crippen LogP contribution is -2.43. The van der Waals surface area contributed by atoms with E-state index in [-0.39, 0.29) is 18.1 Å². The maximum atomic E-state index is 12.6. The maximum absolute atomic E-state index is 12.6. The topological polar surface area (TPSA) is 59.0 Å². The van der Waals surface area contributed by atoms with Gasteiger partial charge in [0.1, 0.15) is 11.3 Å². The van der Waals surface area contributed by atoms with Crippen molar-refractivity contribution in [3.63, 3.8) is 0 Å². The standard InChI is InChI=1S/C14H15BrClNO4/c1-14(2)12(18)11(13(19)17(14)21-7-20-3)10-8(15)5-4-6-9(10)16/h4-6,18H,7H2,1-3H3. The minimum absolute atomic E-state index is 0.0978. The van der Waals surface area contributed by atoms with Gasteiger partial charge in [-0.05, 0) is 26.0 Å². The molecule has 0 bridgehead atoms. The first-order valence-electron chi connectivity index (χ1n) is 6.17. The monoisotopic (exact) mass is 375 g/mol. The molecule has 0 radical (unpaired) electrons. The third kappa shape index (κ3) is 2.68. The zero-order valence-electron chi connectivity index (χ0n) is 11.8. The fourth-order valence-corrected chi connectivity index (χ4v) is 3.09. The van der Waals surface area contributed by atoms with Crippen molar-refractivity contribution in [2.45, 2.75) is 19.4 Å². The molecule has 1 aliphatic rings. The number of rotatable bonds is 4. The van der Waals surface area contributed by atoms with Crippen LogP contribution in [0.25, 0.3) is 5.57 Å². The molecule has 0 aromatic heterocycles. The summed E-state index contributed by atoms with van der Waals surface area (Å²) in [5.74, 6) is -0.569. The summed E-state index contributed by atoms with van der Waals surface area (Å²) in [6.07, 6.45) is 0. The van der Waals surface area contributed by atoms with Crippen LogP contribution in [0.3, 0.4) is 0 Å². The normalized spacial score (nSPS) is 17.8. The molecule has 0 atom stereocenters. The summed E-state index contributed by atoms with van der Waals surface area (Å²) in [5.41, 5.74) is -0.448. The number of amides is 1. The Hall–Kier alpha value is -1.08. The number of hydrogen-bond donors (Lipinski definition) is 1. The van der Waals surface area contributed by atoms with Crippen LogP contribution in [0.1, 0.15) is 19.4 Å². The quantitative estimate of drug-likeness (QED) is 0.817. The highest BCUT2D eigenvalue weighted by atomic mass is 79.9. The molecule has 1 heterocycles. The second-order valence-electron chi connectivity index (χ2n) is 5.01. The van der Waals surface area contributed by atoms with Crippen LogP contribution in [0.4, 0.5) is 0 Å². The van der Waals surface area contributed by atoms with Crippen LogP contribution in [0.15, 0.2) is 28.4 Å². The second kappa shape index (κ2) is 5.96. The predicted molar refractivity (Wildman–Crippen MR) is 82.6 cm³/mol. The molecule has 7 heteroatoms. The van der Waals surface area contributed by atoms with Gasteiger partial charge in [0.15, 0.2) is 6.79 Å². The van der Waals surface area contributed by atoms with E-state index in [0.29, 0.717) is 15.1 Å². The average Bonchev–Trinajstić information content (AvgIpc) is 2.57. The molecule has 21 heavy (non-hydrogen) atoms. The van der Waals surface area contributed by atoms with Crippen molar-refractivity contribution in [2.24, 2.45) is 0 Å². The van der Waals surface area contributed by atoms with Crippen LogP contribution in [0, 0.1) is 0 Å². The summed E-state index contributed by atoms with van der Waals surface area (Å²) in [6.45, 7) is 3.25. The Kier molecular flexibility index (Phi) is 4.63. The summed E-state index contributed by atoms with van der Waals surface area (Å²) in [4.78, 5) is 17.9. The van der Waals surface area contributed by atoms with Crippen molar-refractivity contribution in [1.29, 1.82) is 0 Å². The third-order valence-electron chi connectivity index (χ3n) is 3.23. The first-order chi connectivity index (χ1) is 9.82. The molecular formula is C14H15BrClNO4. The van der Waals surface area contributed by atoms with E-state index >= 15 is 0 Å². The van der Waals surface area contributed by atoms with Crippen molar-refractivity contribution < 1.29 is 19.5 Å². The number of ether oxygens (including phenoxy) is 1. The number of halogens is 2. The molecule has 1 N–H and O–H groups in total. The number of hydrogen-bond acceptors (Lipinski definition) is 4. The van der Waals surface area contributed by atoms with Gasteiger partial charge in [-0.25, -0.2) is 9.90 Å². The molecule has 0 saturated carbocycles. The Morgan fingerprint density at radius 2 is 2.10 bits per heavy atom. The molecule has 0 spiro atoms. The Balaban J connectivity index is 2.54. The molecule has 2 rings (SSSR count). The van der Waals surface area contributed by atoms with Crippen LogP contribution < -0.4 is 0 Å². The van der Waals surface area contributed by atoms with E-state index in [4.69, 9.17) is 21.2 Å². The van der Waals surface area contributed by atoms with E-state index in [9.17, 15) is 9.90 Å². The van der Waals surface area contributed by atoms with E-state index in [2.05, 4.69) is 15.9 Å². The van der Waals surface area contributed by atoms with Crippen molar-refractivity contribution in [2.75, 3.05) is 13.9 Å². The Labute approximate surface area is 136 Å². The molecule has 0 fully saturated rings. The molecule has 114 valence electrons.